The Morgan fingerprint density at radius 3 is 2.43 bits per heavy atom. The van der Waals surface area contributed by atoms with E-state index in [2.05, 4.69) is 24.5 Å². The van der Waals surface area contributed by atoms with Crippen LogP contribution >= 0.6 is 23.2 Å². The highest BCUT2D eigenvalue weighted by atomic mass is 35.5. The maximum absolute atomic E-state index is 14.6. The molecule has 1 saturated heterocycles. The number of benzene rings is 2. The molecule has 2 aliphatic heterocycles. The predicted octanol–water partition coefficient (Wildman–Crippen LogP) is 3.90. The Bertz CT molecular complexity index is 1370. The number of amides is 4. The molecule has 2 atom stereocenters. The van der Waals surface area contributed by atoms with E-state index in [-0.39, 0.29) is 71.7 Å². The van der Waals surface area contributed by atoms with Crippen LogP contribution in [0.2, 0.25) is 10.0 Å². The molecule has 9 nitrogen and oxygen atoms in total. The van der Waals surface area contributed by atoms with Crippen LogP contribution in [0.1, 0.15) is 50.7 Å². The summed E-state index contributed by atoms with van der Waals surface area (Å²) in [4.78, 5) is 56.3. The number of nitrogens with one attached hydrogen (secondary N) is 2. The Labute approximate surface area is 254 Å². The second-order valence-electron chi connectivity index (χ2n) is 11.6. The van der Waals surface area contributed by atoms with Crippen molar-refractivity contribution < 1.29 is 23.6 Å². The van der Waals surface area contributed by atoms with E-state index >= 15 is 0 Å². The van der Waals surface area contributed by atoms with Crippen molar-refractivity contribution in [2.24, 2.45) is 11.1 Å². The molecule has 2 aromatic carbocycles. The largest absolute Gasteiger partial charge is 0.342 e. The molecular formula is C30H36Cl2FN5O4. The molecule has 0 saturated carbocycles. The van der Waals surface area contributed by atoms with Gasteiger partial charge in [0.25, 0.3) is 0 Å². The summed E-state index contributed by atoms with van der Waals surface area (Å²) in [5, 5.41) is 4.80. The van der Waals surface area contributed by atoms with Crippen LogP contribution in [0.3, 0.4) is 0 Å². The molecule has 4 amide bonds. The van der Waals surface area contributed by atoms with Gasteiger partial charge in [-0.1, -0.05) is 61.3 Å². The van der Waals surface area contributed by atoms with Gasteiger partial charge in [0.2, 0.25) is 23.6 Å². The maximum atomic E-state index is 14.6. The van der Waals surface area contributed by atoms with Crippen molar-refractivity contribution in [3.63, 3.8) is 0 Å². The number of halogens is 3. The van der Waals surface area contributed by atoms with Crippen LogP contribution in [0, 0.1) is 11.2 Å². The number of rotatable bonds is 9. The molecule has 0 spiro atoms. The zero-order valence-corrected chi connectivity index (χ0v) is 25.2. The molecule has 2 heterocycles. The highest BCUT2D eigenvalue weighted by Crippen LogP contribution is 2.31. The third-order valence-electron chi connectivity index (χ3n) is 7.84. The highest BCUT2D eigenvalue weighted by molar-refractivity contribution is 6.42. The molecule has 2 aliphatic rings. The molecule has 4 N–H and O–H groups in total. The summed E-state index contributed by atoms with van der Waals surface area (Å²) in [7, 11) is 0. The minimum absolute atomic E-state index is 0.00714. The Balaban J connectivity index is 1.47. The van der Waals surface area contributed by atoms with E-state index in [4.69, 9.17) is 28.9 Å². The van der Waals surface area contributed by atoms with Gasteiger partial charge in [-0.05, 0) is 48.1 Å². The fourth-order valence-corrected chi connectivity index (χ4v) is 5.72. The molecule has 0 unspecified atom stereocenters. The third-order valence-corrected chi connectivity index (χ3v) is 8.62. The normalized spacial score (nSPS) is 18.3. The summed E-state index contributed by atoms with van der Waals surface area (Å²) >= 11 is 11.7. The van der Waals surface area contributed by atoms with Crippen LogP contribution in [0.25, 0.3) is 0 Å². The molecule has 2 aromatic rings. The molecule has 1 fully saturated rings. The Morgan fingerprint density at radius 1 is 1.07 bits per heavy atom. The van der Waals surface area contributed by atoms with Crippen LogP contribution < -0.4 is 16.4 Å². The van der Waals surface area contributed by atoms with Crippen molar-refractivity contribution in [1.82, 2.24) is 15.1 Å². The number of hydrogen-bond acceptors (Lipinski definition) is 5. The smallest absolute Gasteiger partial charge is 0.247 e. The van der Waals surface area contributed by atoms with Gasteiger partial charge in [-0.25, -0.2) is 4.39 Å². The molecule has 4 rings (SSSR count). The van der Waals surface area contributed by atoms with Crippen molar-refractivity contribution in [3.8, 4) is 0 Å². The average Bonchev–Trinajstić information content (AvgIpc) is 3.34. The first kappa shape index (κ1) is 31.7. The van der Waals surface area contributed by atoms with Gasteiger partial charge in [0.1, 0.15) is 12.1 Å². The van der Waals surface area contributed by atoms with Crippen LogP contribution in [0.15, 0.2) is 36.4 Å². The zero-order valence-electron chi connectivity index (χ0n) is 23.7. The van der Waals surface area contributed by atoms with Crippen molar-refractivity contribution >= 4 is 52.5 Å². The van der Waals surface area contributed by atoms with Gasteiger partial charge in [0.15, 0.2) is 5.82 Å². The van der Waals surface area contributed by atoms with Gasteiger partial charge in [0, 0.05) is 38.9 Å². The Hall–Kier alpha value is -3.21. The molecule has 0 radical (unpaired) electrons. The summed E-state index contributed by atoms with van der Waals surface area (Å²) in [6.07, 6.45) is 1.23. The number of carbonyl (C=O) groups is 4. The third kappa shape index (κ3) is 7.40. The summed E-state index contributed by atoms with van der Waals surface area (Å²) in [6.45, 7) is 5.80. The van der Waals surface area contributed by atoms with Gasteiger partial charge in [-0.15, -0.1) is 0 Å². The van der Waals surface area contributed by atoms with Gasteiger partial charge in [-0.3, -0.25) is 19.2 Å². The second kappa shape index (κ2) is 13.4. The molecule has 12 heteroatoms. The number of fused-ring (bicyclic) bond motifs is 1. The Morgan fingerprint density at radius 2 is 1.76 bits per heavy atom. The SMILES string of the molecule is CC1(C)CCN(C(=O)CCC(=O)N2Cc3ccccc3C[C@H]2C(=O)N[C@@H](CCN)C(=O)Nc2ccc(Cl)c(Cl)c2F)C1. The van der Waals surface area contributed by atoms with Crippen molar-refractivity contribution in [2.75, 3.05) is 25.0 Å². The van der Waals surface area contributed by atoms with Crippen molar-refractivity contribution in [2.45, 2.75) is 64.6 Å². The molecular weight excluding hydrogens is 584 g/mol. The lowest BCUT2D eigenvalue weighted by Gasteiger charge is -2.37. The van der Waals surface area contributed by atoms with Crippen molar-refractivity contribution in [3.05, 3.63) is 63.4 Å². The first-order valence-electron chi connectivity index (χ1n) is 14.0. The first-order chi connectivity index (χ1) is 19.9. The summed E-state index contributed by atoms with van der Waals surface area (Å²) in [5.74, 6) is -2.55. The predicted molar refractivity (Wildman–Crippen MR) is 159 cm³/mol. The van der Waals surface area contributed by atoms with Gasteiger partial charge in [0.05, 0.1) is 15.7 Å². The first-order valence-corrected chi connectivity index (χ1v) is 14.7. The second-order valence-corrected chi connectivity index (χ2v) is 12.4. The number of carbonyl (C=O) groups excluding carboxylic acids is 4. The van der Waals surface area contributed by atoms with Gasteiger partial charge < -0.3 is 26.2 Å². The lowest BCUT2D eigenvalue weighted by Crippen LogP contribution is -2.56. The summed E-state index contributed by atoms with van der Waals surface area (Å²) in [5.41, 5.74) is 7.40. The van der Waals surface area contributed by atoms with Gasteiger partial charge in [-0.2, -0.15) is 0 Å². The monoisotopic (exact) mass is 619 g/mol. The minimum Gasteiger partial charge on any atom is -0.342 e. The summed E-state index contributed by atoms with van der Waals surface area (Å²) < 4.78 is 14.6. The number of nitrogens with two attached hydrogens (primary N) is 1. The van der Waals surface area contributed by atoms with E-state index < -0.39 is 29.7 Å². The van der Waals surface area contributed by atoms with E-state index in [0.29, 0.717) is 13.1 Å². The summed E-state index contributed by atoms with van der Waals surface area (Å²) in [6, 6.07) is 8.12. The fourth-order valence-electron chi connectivity index (χ4n) is 5.41. The van der Waals surface area contributed by atoms with Gasteiger partial charge >= 0.3 is 0 Å². The zero-order chi connectivity index (χ0) is 30.6. The number of hydrogen-bond donors (Lipinski definition) is 3. The average molecular weight is 621 g/mol. The number of nitrogens with zero attached hydrogens (tertiary/aromatic N) is 2. The molecule has 0 bridgehead atoms. The lowest BCUT2D eigenvalue weighted by atomic mass is 9.92. The van der Waals surface area contributed by atoms with E-state index in [9.17, 15) is 23.6 Å². The van der Waals surface area contributed by atoms with Crippen LogP contribution in [-0.2, 0) is 32.1 Å². The molecule has 226 valence electrons. The standard InChI is InChI=1S/C30H36Cl2FN5O4/c1-30(2)12-14-37(17-30)24(39)9-10-25(40)38-16-19-6-4-3-5-18(19)15-23(38)29(42)36-22(11-13-34)28(41)35-21-8-7-20(31)26(32)27(21)33/h3-8,22-23H,9-17,34H2,1-2H3,(H,35,41)(H,36,42)/t22-,23-/m0/s1. The van der Waals surface area contributed by atoms with Crippen LogP contribution in [-0.4, -0.2) is 65.1 Å². The molecule has 0 aliphatic carbocycles. The number of likely N-dealkylation sites (tertiary alicyclic amines) is 1. The fraction of sp³-hybridized carbons (Fsp3) is 0.467. The molecule has 42 heavy (non-hydrogen) atoms. The molecule has 0 aromatic heterocycles. The quantitative estimate of drug-likeness (QED) is 0.367. The van der Waals surface area contributed by atoms with Crippen LogP contribution in [0.4, 0.5) is 10.1 Å². The number of anilines is 1. The van der Waals surface area contributed by atoms with Crippen LogP contribution in [0.5, 0.6) is 0 Å². The van der Waals surface area contributed by atoms with E-state index in [1.807, 2.05) is 24.3 Å². The minimum atomic E-state index is -1.11. The van der Waals surface area contributed by atoms with Crippen molar-refractivity contribution in [1.29, 1.82) is 0 Å². The topological polar surface area (TPSA) is 125 Å². The Kier molecular flexibility index (Phi) is 10.1. The van der Waals surface area contributed by atoms with E-state index in [1.165, 1.54) is 17.0 Å². The highest BCUT2D eigenvalue weighted by Gasteiger charge is 2.37. The van der Waals surface area contributed by atoms with E-state index in [1.54, 1.807) is 4.90 Å². The maximum Gasteiger partial charge on any atom is 0.247 e. The lowest BCUT2D eigenvalue weighted by molar-refractivity contribution is -0.144. The van der Waals surface area contributed by atoms with E-state index in [0.717, 1.165) is 17.5 Å².